The van der Waals surface area contributed by atoms with E-state index in [1.54, 1.807) is 18.5 Å². The third-order valence-electron chi connectivity index (χ3n) is 4.80. The van der Waals surface area contributed by atoms with Gasteiger partial charge in [-0.25, -0.2) is 19.9 Å². The van der Waals surface area contributed by atoms with E-state index in [0.717, 1.165) is 31.6 Å². The van der Waals surface area contributed by atoms with Crippen LogP contribution in [0.4, 0.5) is 11.8 Å². The van der Waals surface area contributed by atoms with Crippen molar-refractivity contribution in [2.24, 2.45) is 0 Å². The van der Waals surface area contributed by atoms with Crippen LogP contribution in [-0.4, -0.2) is 48.7 Å². The van der Waals surface area contributed by atoms with E-state index in [2.05, 4.69) is 30.4 Å². The van der Waals surface area contributed by atoms with Gasteiger partial charge in [0.25, 0.3) is 11.9 Å². The largest absolute Gasteiger partial charge is 0.341 e. The van der Waals surface area contributed by atoms with Gasteiger partial charge in [0.15, 0.2) is 5.69 Å². The molecular weight excluding hydrogens is 404 g/mol. The van der Waals surface area contributed by atoms with E-state index in [-0.39, 0.29) is 16.1 Å². The Kier molecular flexibility index (Phi) is 5.38. The van der Waals surface area contributed by atoms with Gasteiger partial charge in [-0.3, -0.25) is 4.79 Å². The fourth-order valence-corrected chi connectivity index (χ4v) is 3.33. The van der Waals surface area contributed by atoms with Gasteiger partial charge in [0.05, 0.1) is 16.9 Å². The molecule has 0 aromatic carbocycles. The third kappa shape index (κ3) is 4.11. The minimum atomic E-state index is -0.444. The number of anilines is 2. The van der Waals surface area contributed by atoms with Gasteiger partial charge in [0, 0.05) is 37.0 Å². The quantitative estimate of drug-likeness (QED) is 0.683. The maximum Gasteiger partial charge on any atom is 0.277 e. The van der Waals surface area contributed by atoms with E-state index in [1.807, 2.05) is 31.7 Å². The average molecular weight is 427 g/mol. The molecule has 0 saturated carbocycles. The second kappa shape index (κ2) is 7.98. The van der Waals surface area contributed by atoms with Gasteiger partial charge >= 0.3 is 0 Å². The molecule has 0 aliphatic carbocycles. The summed E-state index contributed by atoms with van der Waals surface area (Å²) >= 11 is 6.25. The Balaban J connectivity index is 1.68. The number of nitrogens with zero attached hydrogens (tertiary/aromatic N) is 7. The van der Waals surface area contributed by atoms with Crippen LogP contribution < -0.4 is 10.2 Å². The third-order valence-corrected chi connectivity index (χ3v) is 5.07. The lowest BCUT2D eigenvalue weighted by atomic mass is 9.92. The molecule has 156 valence electrons. The zero-order valence-corrected chi connectivity index (χ0v) is 17.9. The summed E-state index contributed by atoms with van der Waals surface area (Å²) in [6.45, 7) is 7.87. The fraction of sp³-hybridized carbons (Fsp3) is 0.400. The molecule has 0 unspecified atom stereocenters. The summed E-state index contributed by atoms with van der Waals surface area (Å²) in [5.74, 6) is 0.862. The molecule has 30 heavy (non-hydrogen) atoms. The minimum absolute atomic E-state index is 0.118. The molecule has 1 aliphatic rings. The molecule has 4 heterocycles. The number of amides is 1. The summed E-state index contributed by atoms with van der Waals surface area (Å²) in [6.07, 6.45) is 6.88. The van der Waals surface area contributed by atoms with Crippen molar-refractivity contribution in [2.75, 3.05) is 23.3 Å². The molecule has 4 rings (SSSR count). The topological polar surface area (TPSA) is 102 Å². The van der Waals surface area contributed by atoms with Gasteiger partial charge < -0.3 is 10.2 Å². The first-order chi connectivity index (χ1) is 14.3. The Labute approximate surface area is 179 Å². The maximum atomic E-state index is 13.1. The van der Waals surface area contributed by atoms with E-state index in [1.165, 1.54) is 10.9 Å². The van der Waals surface area contributed by atoms with Gasteiger partial charge in [0.1, 0.15) is 5.82 Å². The van der Waals surface area contributed by atoms with Crippen molar-refractivity contribution in [3.63, 3.8) is 0 Å². The van der Waals surface area contributed by atoms with E-state index in [0.29, 0.717) is 17.7 Å². The van der Waals surface area contributed by atoms with Crippen LogP contribution in [0.1, 0.15) is 49.8 Å². The molecule has 1 fully saturated rings. The van der Waals surface area contributed by atoms with Crippen LogP contribution in [0.15, 0.2) is 30.7 Å². The van der Waals surface area contributed by atoms with Crippen molar-refractivity contribution in [1.29, 1.82) is 0 Å². The predicted octanol–water partition coefficient (Wildman–Crippen LogP) is 3.26. The Morgan fingerprint density at radius 1 is 1.10 bits per heavy atom. The van der Waals surface area contributed by atoms with Gasteiger partial charge in [-0.1, -0.05) is 32.4 Å². The monoisotopic (exact) mass is 426 g/mol. The van der Waals surface area contributed by atoms with Crippen molar-refractivity contribution in [3.8, 4) is 5.95 Å². The lowest BCUT2D eigenvalue weighted by Gasteiger charge is -2.16. The summed E-state index contributed by atoms with van der Waals surface area (Å²) in [7, 11) is 0. The van der Waals surface area contributed by atoms with E-state index < -0.39 is 5.91 Å². The van der Waals surface area contributed by atoms with Crippen molar-refractivity contribution >= 4 is 29.3 Å². The Hall–Kier alpha value is -3.07. The van der Waals surface area contributed by atoms with Gasteiger partial charge in [-0.05, 0) is 18.9 Å². The highest BCUT2D eigenvalue weighted by molar-refractivity contribution is 6.34. The molecule has 9 nitrogen and oxygen atoms in total. The Morgan fingerprint density at radius 3 is 2.47 bits per heavy atom. The first-order valence-electron chi connectivity index (χ1n) is 9.80. The number of halogens is 1. The van der Waals surface area contributed by atoms with Gasteiger partial charge in [-0.2, -0.15) is 9.78 Å². The van der Waals surface area contributed by atoms with Crippen LogP contribution in [-0.2, 0) is 5.41 Å². The Morgan fingerprint density at radius 2 is 1.80 bits per heavy atom. The number of aromatic nitrogens is 6. The highest BCUT2D eigenvalue weighted by Gasteiger charge is 2.24. The molecule has 10 heteroatoms. The zero-order valence-electron chi connectivity index (χ0n) is 17.1. The van der Waals surface area contributed by atoms with Crippen molar-refractivity contribution in [2.45, 2.75) is 39.0 Å². The van der Waals surface area contributed by atoms with Gasteiger partial charge in [-0.15, -0.1) is 0 Å². The molecule has 0 radical (unpaired) electrons. The van der Waals surface area contributed by atoms with E-state index >= 15 is 0 Å². The molecule has 1 amide bonds. The molecule has 0 bridgehead atoms. The van der Waals surface area contributed by atoms with Crippen LogP contribution in [0.2, 0.25) is 5.02 Å². The summed E-state index contributed by atoms with van der Waals surface area (Å²) in [5.41, 5.74) is 0.680. The normalized spacial score (nSPS) is 14.2. The zero-order chi connectivity index (χ0) is 21.3. The van der Waals surface area contributed by atoms with Gasteiger partial charge in [0.2, 0.25) is 5.95 Å². The maximum absolute atomic E-state index is 13.1. The molecular formula is C20H23ClN8O. The number of carbonyl (C=O) groups excluding carboxylic acids is 1. The average Bonchev–Trinajstić information content (AvgIpc) is 3.39. The predicted molar refractivity (Wildman–Crippen MR) is 114 cm³/mol. The number of nitrogens with one attached hydrogen (secondary N) is 1. The standard InChI is InChI=1S/C20H23ClN8O/c1-20(2,3)14-11-15(29(27-14)18-22-7-6-8-23-18)25-17(30)16-13(21)12-24-19(26-16)28-9-4-5-10-28/h6-8,11-12H,4-5,9-10H2,1-3H3,(H,25,30). The minimum Gasteiger partial charge on any atom is -0.341 e. The molecule has 0 spiro atoms. The summed E-state index contributed by atoms with van der Waals surface area (Å²) < 4.78 is 1.51. The van der Waals surface area contributed by atoms with Crippen molar-refractivity contribution in [1.82, 2.24) is 29.7 Å². The number of hydrogen-bond donors (Lipinski definition) is 1. The fourth-order valence-electron chi connectivity index (χ4n) is 3.15. The summed E-state index contributed by atoms with van der Waals surface area (Å²) in [4.78, 5) is 32.3. The van der Waals surface area contributed by atoms with Crippen LogP contribution in [0.25, 0.3) is 5.95 Å². The van der Waals surface area contributed by atoms with Crippen LogP contribution in [0, 0.1) is 0 Å². The van der Waals surface area contributed by atoms with Crippen molar-refractivity contribution < 1.29 is 4.79 Å². The van der Waals surface area contributed by atoms with Crippen LogP contribution in [0.5, 0.6) is 0 Å². The first kappa shape index (κ1) is 20.2. The van der Waals surface area contributed by atoms with Crippen molar-refractivity contribution in [3.05, 3.63) is 47.1 Å². The van der Waals surface area contributed by atoms with Crippen LogP contribution >= 0.6 is 11.6 Å². The number of hydrogen-bond acceptors (Lipinski definition) is 7. The summed E-state index contributed by atoms with van der Waals surface area (Å²) in [6, 6.07) is 3.53. The molecule has 0 atom stereocenters. The van der Waals surface area contributed by atoms with Crippen LogP contribution in [0.3, 0.4) is 0 Å². The molecule has 1 N–H and O–H groups in total. The SMILES string of the molecule is CC(C)(C)c1cc(NC(=O)c2nc(N3CCCC3)ncc2Cl)n(-c2ncccn2)n1. The molecule has 1 aliphatic heterocycles. The second-order valence-electron chi connectivity index (χ2n) is 8.14. The molecule has 3 aromatic rings. The number of rotatable bonds is 4. The van der Waals surface area contributed by atoms with E-state index in [9.17, 15) is 4.79 Å². The summed E-state index contributed by atoms with van der Waals surface area (Å²) in [5, 5.41) is 7.66. The highest BCUT2D eigenvalue weighted by atomic mass is 35.5. The lowest BCUT2D eigenvalue weighted by Crippen LogP contribution is -2.23. The molecule has 1 saturated heterocycles. The number of carbonyl (C=O) groups is 1. The Bertz CT molecular complexity index is 1050. The highest BCUT2D eigenvalue weighted by Crippen LogP contribution is 2.26. The second-order valence-corrected chi connectivity index (χ2v) is 8.55. The molecule has 3 aromatic heterocycles. The lowest BCUT2D eigenvalue weighted by molar-refractivity contribution is 0.102. The smallest absolute Gasteiger partial charge is 0.277 e. The van der Waals surface area contributed by atoms with E-state index in [4.69, 9.17) is 11.6 Å². The first-order valence-corrected chi connectivity index (χ1v) is 10.2.